The number of rotatable bonds is 5. The lowest BCUT2D eigenvalue weighted by atomic mass is 10.1. The number of aryl methyl sites for hydroxylation is 1. The number of benzene rings is 1. The number of thiocarbonyl (C=S) groups is 1. The summed E-state index contributed by atoms with van der Waals surface area (Å²) in [6.07, 6.45) is 0.864. The maximum atomic E-state index is 11.5. The first kappa shape index (κ1) is 16.4. The highest BCUT2D eigenvalue weighted by Crippen LogP contribution is 2.16. The van der Waals surface area contributed by atoms with Gasteiger partial charge >= 0.3 is 5.97 Å². The summed E-state index contributed by atoms with van der Waals surface area (Å²) in [5.41, 5.74) is 1.52. The highest BCUT2D eigenvalue weighted by molar-refractivity contribution is 7.80. The Bertz CT molecular complexity index is 534. The van der Waals surface area contributed by atoms with Crippen molar-refractivity contribution >= 4 is 46.5 Å². The van der Waals surface area contributed by atoms with E-state index in [1.54, 1.807) is 6.07 Å². The van der Waals surface area contributed by atoms with Gasteiger partial charge in [-0.25, -0.2) is 4.79 Å². The minimum absolute atomic E-state index is 0.134. The number of anilines is 1. The molecule has 108 valence electrons. The van der Waals surface area contributed by atoms with Crippen molar-refractivity contribution in [2.45, 2.75) is 19.8 Å². The number of amides is 1. The Morgan fingerprint density at radius 1 is 1.40 bits per heavy atom. The maximum absolute atomic E-state index is 11.5. The minimum Gasteiger partial charge on any atom is -0.478 e. The molecule has 1 amide bonds. The van der Waals surface area contributed by atoms with Gasteiger partial charge in [-0.2, -0.15) is 0 Å². The van der Waals surface area contributed by atoms with Crippen molar-refractivity contribution in [3.63, 3.8) is 0 Å². The first-order valence-electron chi connectivity index (χ1n) is 5.94. The number of alkyl halides is 1. The molecule has 0 heterocycles. The van der Waals surface area contributed by atoms with E-state index in [0.29, 0.717) is 24.4 Å². The van der Waals surface area contributed by atoms with E-state index in [2.05, 4.69) is 10.6 Å². The van der Waals surface area contributed by atoms with E-state index >= 15 is 0 Å². The van der Waals surface area contributed by atoms with Gasteiger partial charge in [-0.1, -0.05) is 6.07 Å². The molecule has 5 nitrogen and oxygen atoms in total. The zero-order valence-electron chi connectivity index (χ0n) is 10.9. The molecule has 0 aromatic heterocycles. The van der Waals surface area contributed by atoms with E-state index in [9.17, 15) is 9.59 Å². The van der Waals surface area contributed by atoms with Crippen LogP contribution in [0.5, 0.6) is 0 Å². The van der Waals surface area contributed by atoms with Crippen LogP contribution in [-0.2, 0) is 4.79 Å². The number of hydrogen-bond acceptors (Lipinski definition) is 3. The Morgan fingerprint density at radius 3 is 2.70 bits per heavy atom. The quantitative estimate of drug-likeness (QED) is 0.575. The molecule has 0 aliphatic rings. The molecule has 0 fully saturated rings. The van der Waals surface area contributed by atoms with Crippen LogP contribution in [0.25, 0.3) is 0 Å². The molecule has 1 rings (SSSR count). The van der Waals surface area contributed by atoms with Crippen LogP contribution in [0, 0.1) is 6.92 Å². The Balaban J connectivity index is 2.68. The average molecular weight is 315 g/mol. The van der Waals surface area contributed by atoms with E-state index in [1.165, 1.54) is 12.1 Å². The molecule has 0 aliphatic carbocycles. The smallest absolute Gasteiger partial charge is 0.335 e. The number of halogens is 1. The molecular formula is C13H15ClN2O3S. The van der Waals surface area contributed by atoms with Crippen molar-refractivity contribution in [2.75, 3.05) is 11.2 Å². The highest BCUT2D eigenvalue weighted by Gasteiger charge is 2.09. The summed E-state index contributed by atoms with van der Waals surface area (Å²) in [5, 5.41) is 14.4. The Hall–Kier alpha value is -1.66. The van der Waals surface area contributed by atoms with Gasteiger partial charge in [-0.3, -0.25) is 4.79 Å². The molecule has 0 atom stereocenters. The van der Waals surface area contributed by atoms with Crippen molar-refractivity contribution in [3.05, 3.63) is 29.3 Å². The third kappa shape index (κ3) is 5.14. The molecule has 1 aromatic carbocycles. The molecule has 0 spiro atoms. The molecule has 20 heavy (non-hydrogen) atoms. The first-order valence-corrected chi connectivity index (χ1v) is 6.89. The summed E-state index contributed by atoms with van der Waals surface area (Å²) < 4.78 is 0. The highest BCUT2D eigenvalue weighted by atomic mass is 35.5. The normalized spacial score (nSPS) is 9.90. The lowest BCUT2D eigenvalue weighted by molar-refractivity contribution is -0.119. The summed E-state index contributed by atoms with van der Waals surface area (Å²) >= 11 is 10.5. The predicted octanol–water partition coefficient (Wildman–Crippen LogP) is 2.53. The molecule has 0 unspecified atom stereocenters. The summed E-state index contributed by atoms with van der Waals surface area (Å²) in [6, 6.07) is 4.64. The zero-order valence-corrected chi connectivity index (χ0v) is 12.5. The third-order valence-electron chi connectivity index (χ3n) is 2.52. The van der Waals surface area contributed by atoms with Crippen LogP contribution in [0.2, 0.25) is 0 Å². The molecular weight excluding hydrogens is 300 g/mol. The molecule has 7 heteroatoms. The van der Waals surface area contributed by atoms with Crippen LogP contribution in [0.1, 0.15) is 28.8 Å². The van der Waals surface area contributed by atoms with Gasteiger partial charge in [0.1, 0.15) is 0 Å². The minimum atomic E-state index is -1.02. The summed E-state index contributed by atoms with van der Waals surface area (Å²) in [4.78, 5) is 22.4. The van der Waals surface area contributed by atoms with Gasteiger partial charge in [0, 0.05) is 18.0 Å². The Labute approximate surface area is 127 Å². The fourth-order valence-electron chi connectivity index (χ4n) is 1.46. The van der Waals surface area contributed by atoms with Gasteiger partial charge in [0.25, 0.3) is 0 Å². The van der Waals surface area contributed by atoms with Gasteiger partial charge in [0.15, 0.2) is 5.11 Å². The molecule has 1 aromatic rings. The molecule has 0 saturated heterocycles. The molecule has 3 N–H and O–H groups in total. The van der Waals surface area contributed by atoms with Crippen LogP contribution in [0.15, 0.2) is 18.2 Å². The molecule has 0 aliphatic heterocycles. The first-order chi connectivity index (χ1) is 9.43. The second kappa shape index (κ2) is 7.81. The van der Waals surface area contributed by atoms with Crippen molar-refractivity contribution < 1.29 is 14.7 Å². The van der Waals surface area contributed by atoms with Gasteiger partial charge in [-0.15, -0.1) is 11.6 Å². The molecule has 0 saturated carbocycles. The van der Waals surface area contributed by atoms with E-state index in [1.807, 2.05) is 6.92 Å². The number of carboxylic acid groups (broad SMARTS) is 1. The number of aromatic carboxylic acids is 1. The van der Waals surface area contributed by atoms with Crippen molar-refractivity contribution in [1.29, 1.82) is 0 Å². The topological polar surface area (TPSA) is 78.4 Å². The zero-order chi connectivity index (χ0) is 15.1. The second-order valence-corrected chi connectivity index (χ2v) is 4.92. The Morgan fingerprint density at radius 2 is 2.10 bits per heavy atom. The standard InChI is InChI=1S/C13H15ClN2O3S/c1-8-4-5-9(12(18)19)7-10(8)15-13(20)16-11(17)3-2-6-14/h4-5,7H,2-3,6H2,1H3,(H,18,19)(H2,15,16,17,20). The van der Waals surface area contributed by atoms with Crippen molar-refractivity contribution in [2.24, 2.45) is 0 Å². The van der Waals surface area contributed by atoms with Crippen LogP contribution >= 0.6 is 23.8 Å². The van der Waals surface area contributed by atoms with Gasteiger partial charge in [-0.05, 0) is 43.3 Å². The average Bonchev–Trinajstić information content (AvgIpc) is 2.38. The fourth-order valence-corrected chi connectivity index (χ4v) is 1.82. The predicted molar refractivity (Wildman–Crippen MR) is 82.5 cm³/mol. The molecule has 0 bridgehead atoms. The van der Waals surface area contributed by atoms with Gasteiger partial charge in [0.05, 0.1) is 5.56 Å². The van der Waals surface area contributed by atoms with Crippen molar-refractivity contribution in [1.82, 2.24) is 5.32 Å². The maximum Gasteiger partial charge on any atom is 0.335 e. The SMILES string of the molecule is Cc1ccc(C(=O)O)cc1NC(=S)NC(=O)CCCCl. The Kier molecular flexibility index (Phi) is 6.41. The van der Waals surface area contributed by atoms with E-state index in [0.717, 1.165) is 5.56 Å². The van der Waals surface area contributed by atoms with Gasteiger partial charge in [0.2, 0.25) is 5.91 Å². The lowest BCUT2D eigenvalue weighted by Crippen LogP contribution is -2.34. The van der Waals surface area contributed by atoms with Gasteiger partial charge < -0.3 is 15.7 Å². The number of carboxylic acids is 1. The fraction of sp³-hybridized carbons (Fsp3) is 0.308. The van der Waals surface area contributed by atoms with Crippen molar-refractivity contribution in [3.8, 4) is 0 Å². The largest absolute Gasteiger partial charge is 0.478 e. The lowest BCUT2D eigenvalue weighted by Gasteiger charge is -2.12. The van der Waals surface area contributed by atoms with E-state index < -0.39 is 5.97 Å². The monoisotopic (exact) mass is 314 g/mol. The summed E-state index contributed by atoms with van der Waals surface area (Å²) in [5.74, 6) is -0.840. The summed E-state index contributed by atoms with van der Waals surface area (Å²) in [7, 11) is 0. The summed E-state index contributed by atoms with van der Waals surface area (Å²) in [6.45, 7) is 1.81. The number of carbonyl (C=O) groups is 2. The molecule has 0 radical (unpaired) electrons. The van der Waals surface area contributed by atoms with Crippen LogP contribution in [-0.4, -0.2) is 28.0 Å². The van der Waals surface area contributed by atoms with E-state index in [-0.39, 0.29) is 16.6 Å². The number of carbonyl (C=O) groups excluding carboxylic acids is 1. The number of hydrogen-bond donors (Lipinski definition) is 3. The van der Waals surface area contributed by atoms with E-state index in [4.69, 9.17) is 28.9 Å². The second-order valence-electron chi connectivity index (χ2n) is 4.13. The van der Waals surface area contributed by atoms with Crippen LogP contribution in [0.3, 0.4) is 0 Å². The third-order valence-corrected chi connectivity index (χ3v) is 2.99. The van der Waals surface area contributed by atoms with Crippen LogP contribution in [0.4, 0.5) is 5.69 Å². The number of nitrogens with one attached hydrogen (secondary N) is 2. The van der Waals surface area contributed by atoms with Crippen LogP contribution < -0.4 is 10.6 Å².